The van der Waals surface area contributed by atoms with Crippen LogP contribution in [0.3, 0.4) is 0 Å². The van der Waals surface area contributed by atoms with E-state index in [4.69, 9.17) is 4.74 Å². The molecule has 0 aliphatic carbocycles. The average Bonchev–Trinajstić information content (AvgIpc) is 2.42. The maximum absolute atomic E-state index is 13.3. The molecule has 0 fully saturated rings. The minimum absolute atomic E-state index is 0.154. The standard InChI is InChI=1S/C15H18FNO3/c1-2-3-8-20-15(19)10-17-13-9-12(16)6-4-11(13)5-7-14(17)18/h4,6,9H,2-3,5,7-8,10H2,1H3. The van der Waals surface area contributed by atoms with Crippen LogP contribution in [-0.4, -0.2) is 25.0 Å². The van der Waals surface area contributed by atoms with Crippen molar-refractivity contribution < 1.29 is 18.7 Å². The van der Waals surface area contributed by atoms with Gasteiger partial charge in [0.15, 0.2) is 0 Å². The number of amides is 1. The van der Waals surface area contributed by atoms with Gasteiger partial charge in [-0.3, -0.25) is 9.59 Å². The number of rotatable bonds is 5. The number of aryl methyl sites for hydroxylation is 1. The van der Waals surface area contributed by atoms with Crippen molar-refractivity contribution in [1.82, 2.24) is 0 Å². The predicted octanol–water partition coefficient (Wildman–Crippen LogP) is 2.45. The van der Waals surface area contributed by atoms with Gasteiger partial charge in [0.2, 0.25) is 5.91 Å². The molecule has 0 unspecified atom stereocenters. The second kappa shape index (κ2) is 6.50. The van der Waals surface area contributed by atoms with Crippen molar-refractivity contribution >= 4 is 17.6 Å². The van der Waals surface area contributed by atoms with Crippen molar-refractivity contribution in [3.63, 3.8) is 0 Å². The fourth-order valence-electron chi connectivity index (χ4n) is 2.19. The molecule has 5 heteroatoms. The number of ether oxygens (including phenoxy) is 1. The quantitative estimate of drug-likeness (QED) is 0.614. The van der Waals surface area contributed by atoms with Gasteiger partial charge in [-0.25, -0.2) is 4.39 Å². The Labute approximate surface area is 117 Å². The largest absolute Gasteiger partial charge is 0.464 e. The second-order valence-corrected chi connectivity index (χ2v) is 4.83. The highest BCUT2D eigenvalue weighted by atomic mass is 19.1. The van der Waals surface area contributed by atoms with E-state index in [1.807, 2.05) is 6.92 Å². The van der Waals surface area contributed by atoms with Gasteiger partial charge < -0.3 is 9.64 Å². The van der Waals surface area contributed by atoms with Gasteiger partial charge in [-0.1, -0.05) is 19.4 Å². The van der Waals surface area contributed by atoms with Crippen molar-refractivity contribution in [1.29, 1.82) is 0 Å². The third kappa shape index (κ3) is 3.35. The molecule has 0 saturated heterocycles. The van der Waals surface area contributed by atoms with E-state index >= 15 is 0 Å². The molecule has 0 spiro atoms. The minimum atomic E-state index is -0.455. The van der Waals surface area contributed by atoms with Crippen LogP contribution in [0.4, 0.5) is 10.1 Å². The molecule has 0 radical (unpaired) electrons. The van der Waals surface area contributed by atoms with E-state index in [1.165, 1.54) is 17.0 Å². The van der Waals surface area contributed by atoms with Gasteiger partial charge in [-0.15, -0.1) is 0 Å². The van der Waals surface area contributed by atoms with E-state index in [1.54, 1.807) is 6.07 Å². The monoisotopic (exact) mass is 279 g/mol. The van der Waals surface area contributed by atoms with Crippen LogP contribution < -0.4 is 4.90 Å². The molecular formula is C15H18FNO3. The SMILES string of the molecule is CCCCOC(=O)CN1C(=O)CCc2ccc(F)cc21. The summed E-state index contributed by atoms with van der Waals surface area (Å²) in [5, 5.41) is 0. The number of hydrogen-bond acceptors (Lipinski definition) is 3. The summed E-state index contributed by atoms with van der Waals surface area (Å²) in [5.41, 5.74) is 1.36. The van der Waals surface area contributed by atoms with Gasteiger partial charge in [-0.2, -0.15) is 0 Å². The molecule has 0 saturated carbocycles. The van der Waals surface area contributed by atoms with Crippen LogP contribution in [0.15, 0.2) is 18.2 Å². The number of hydrogen-bond donors (Lipinski definition) is 0. The van der Waals surface area contributed by atoms with Crippen LogP contribution in [0.5, 0.6) is 0 Å². The minimum Gasteiger partial charge on any atom is -0.464 e. The third-order valence-corrected chi connectivity index (χ3v) is 3.30. The Balaban J connectivity index is 2.09. The van der Waals surface area contributed by atoms with Crippen LogP contribution in [0, 0.1) is 5.82 Å². The molecule has 2 rings (SSSR count). The molecule has 0 aromatic heterocycles. The lowest BCUT2D eigenvalue weighted by Crippen LogP contribution is -2.39. The molecule has 1 heterocycles. The lowest BCUT2D eigenvalue weighted by molar-refractivity contribution is -0.143. The molecule has 1 aromatic carbocycles. The molecule has 20 heavy (non-hydrogen) atoms. The highest BCUT2D eigenvalue weighted by Gasteiger charge is 2.26. The van der Waals surface area contributed by atoms with Gasteiger partial charge in [0, 0.05) is 6.42 Å². The van der Waals surface area contributed by atoms with E-state index in [9.17, 15) is 14.0 Å². The fourth-order valence-corrected chi connectivity index (χ4v) is 2.19. The summed E-state index contributed by atoms with van der Waals surface area (Å²) in [5.74, 6) is -1.04. The van der Waals surface area contributed by atoms with Gasteiger partial charge in [0.05, 0.1) is 12.3 Å². The Hall–Kier alpha value is -1.91. The average molecular weight is 279 g/mol. The molecule has 4 nitrogen and oxygen atoms in total. The first-order valence-corrected chi connectivity index (χ1v) is 6.86. The smallest absolute Gasteiger partial charge is 0.326 e. The summed E-state index contributed by atoms with van der Waals surface area (Å²) in [7, 11) is 0. The number of nitrogens with zero attached hydrogens (tertiary/aromatic N) is 1. The third-order valence-electron chi connectivity index (χ3n) is 3.30. The summed E-state index contributed by atoms with van der Waals surface area (Å²) >= 11 is 0. The molecule has 108 valence electrons. The second-order valence-electron chi connectivity index (χ2n) is 4.83. The van der Waals surface area contributed by atoms with E-state index < -0.39 is 11.8 Å². The zero-order chi connectivity index (χ0) is 14.5. The molecule has 1 amide bonds. The lowest BCUT2D eigenvalue weighted by atomic mass is 10.0. The van der Waals surface area contributed by atoms with E-state index in [-0.39, 0.29) is 12.5 Å². The first-order chi connectivity index (χ1) is 9.61. The van der Waals surface area contributed by atoms with Crippen LogP contribution in [0.2, 0.25) is 0 Å². The number of unbranched alkanes of at least 4 members (excludes halogenated alkanes) is 1. The molecule has 1 aromatic rings. The van der Waals surface area contributed by atoms with Gasteiger partial charge in [-0.05, 0) is 30.5 Å². The number of fused-ring (bicyclic) bond motifs is 1. The Bertz CT molecular complexity index is 516. The summed E-state index contributed by atoms with van der Waals surface area (Å²) in [6.07, 6.45) is 2.64. The van der Waals surface area contributed by atoms with Crippen molar-refractivity contribution in [3.05, 3.63) is 29.6 Å². The number of carbonyl (C=O) groups is 2. The maximum Gasteiger partial charge on any atom is 0.326 e. The number of anilines is 1. The zero-order valence-electron chi connectivity index (χ0n) is 11.5. The zero-order valence-corrected chi connectivity index (χ0v) is 11.5. The highest BCUT2D eigenvalue weighted by Crippen LogP contribution is 2.28. The molecular weight excluding hydrogens is 261 g/mol. The number of carbonyl (C=O) groups excluding carboxylic acids is 2. The topological polar surface area (TPSA) is 46.6 Å². The number of benzene rings is 1. The molecule has 0 N–H and O–H groups in total. The van der Waals surface area contributed by atoms with Crippen LogP contribution >= 0.6 is 0 Å². The molecule has 0 atom stereocenters. The lowest BCUT2D eigenvalue weighted by Gasteiger charge is -2.28. The highest BCUT2D eigenvalue weighted by molar-refractivity contribution is 6.00. The summed E-state index contributed by atoms with van der Waals surface area (Å²) < 4.78 is 18.4. The first-order valence-electron chi connectivity index (χ1n) is 6.86. The Morgan fingerprint density at radius 3 is 2.95 bits per heavy atom. The van der Waals surface area contributed by atoms with Crippen LogP contribution in [0.1, 0.15) is 31.7 Å². The van der Waals surface area contributed by atoms with Crippen molar-refractivity contribution in [3.8, 4) is 0 Å². The first kappa shape index (κ1) is 14.5. The van der Waals surface area contributed by atoms with E-state index in [0.29, 0.717) is 25.1 Å². The predicted molar refractivity (Wildman–Crippen MR) is 72.9 cm³/mol. The van der Waals surface area contributed by atoms with Crippen LogP contribution in [0.25, 0.3) is 0 Å². The van der Waals surface area contributed by atoms with Gasteiger partial charge >= 0.3 is 5.97 Å². The van der Waals surface area contributed by atoms with E-state index in [2.05, 4.69) is 0 Å². The van der Waals surface area contributed by atoms with Crippen molar-refractivity contribution in [2.24, 2.45) is 0 Å². The van der Waals surface area contributed by atoms with Crippen molar-refractivity contribution in [2.75, 3.05) is 18.1 Å². The van der Waals surface area contributed by atoms with E-state index in [0.717, 1.165) is 18.4 Å². The fraction of sp³-hybridized carbons (Fsp3) is 0.467. The number of esters is 1. The van der Waals surface area contributed by atoms with Crippen molar-refractivity contribution in [2.45, 2.75) is 32.6 Å². The summed E-state index contributed by atoms with van der Waals surface area (Å²) in [6, 6.07) is 4.32. The molecule has 1 aliphatic rings. The van der Waals surface area contributed by atoms with Gasteiger partial charge in [0.25, 0.3) is 0 Å². The normalized spacial score (nSPS) is 14.1. The number of halogens is 1. The molecule has 1 aliphatic heterocycles. The Kier molecular flexibility index (Phi) is 4.71. The van der Waals surface area contributed by atoms with Gasteiger partial charge in [0.1, 0.15) is 12.4 Å². The maximum atomic E-state index is 13.3. The molecule has 0 bridgehead atoms. The Morgan fingerprint density at radius 2 is 2.20 bits per heavy atom. The Morgan fingerprint density at radius 1 is 1.40 bits per heavy atom. The summed E-state index contributed by atoms with van der Waals surface area (Å²) in [4.78, 5) is 25.0. The van der Waals surface area contributed by atoms with Crippen LogP contribution in [-0.2, 0) is 20.7 Å². The summed E-state index contributed by atoms with van der Waals surface area (Å²) in [6.45, 7) is 2.20.